The summed E-state index contributed by atoms with van der Waals surface area (Å²) in [6, 6.07) is 6.80. The Labute approximate surface area is 130 Å². The smallest absolute Gasteiger partial charge is 0.288 e. The van der Waals surface area contributed by atoms with Crippen LogP contribution in [0.4, 0.5) is 20.3 Å². The highest BCUT2D eigenvalue weighted by Crippen LogP contribution is 2.44. The summed E-state index contributed by atoms with van der Waals surface area (Å²) in [6.45, 7) is 0. The van der Waals surface area contributed by atoms with Crippen molar-refractivity contribution in [1.82, 2.24) is 19.7 Å². The molecule has 6 nitrogen and oxygen atoms in total. The highest BCUT2D eigenvalue weighted by Gasteiger charge is 2.59. The molecule has 2 aromatic heterocycles. The molecule has 118 valence electrons. The monoisotopic (exact) mass is 317 g/mol. The molecule has 8 heteroatoms. The standard InChI is InChI=1S/C15H13F2N5O/c1-22-14-11(7-20-22)13(18-8-19-14)21-9-2-4-10(5-3-9)23-12-6-15(12,16)17/h2-5,7-8,12H,6H2,1H3,(H,18,19,21). The van der Waals surface area contributed by atoms with Crippen LogP contribution in [0.1, 0.15) is 6.42 Å². The second-order valence-electron chi connectivity index (χ2n) is 5.45. The number of ether oxygens (including phenoxy) is 1. The van der Waals surface area contributed by atoms with E-state index < -0.39 is 12.0 Å². The van der Waals surface area contributed by atoms with Crippen LogP contribution in [-0.4, -0.2) is 31.8 Å². The molecule has 0 saturated heterocycles. The zero-order chi connectivity index (χ0) is 16.0. The van der Waals surface area contributed by atoms with Gasteiger partial charge in [-0.05, 0) is 24.3 Å². The molecule has 1 saturated carbocycles. The van der Waals surface area contributed by atoms with Crippen molar-refractivity contribution in [3.05, 3.63) is 36.8 Å². The maximum absolute atomic E-state index is 12.8. The average molecular weight is 317 g/mol. The van der Waals surface area contributed by atoms with Crippen molar-refractivity contribution in [2.45, 2.75) is 18.4 Å². The largest absolute Gasteiger partial charge is 0.484 e. The topological polar surface area (TPSA) is 64.9 Å². The van der Waals surface area contributed by atoms with E-state index in [1.165, 1.54) is 6.33 Å². The first-order chi connectivity index (χ1) is 11.0. The third-order valence-electron chi connectivity index (χ3n) is 3.69. The van der Waals surface area contributed by atoms with Gasteiger partial charge < -0.3 is 10.1 Å². The van der Waals surface area contributed by atoms with Crippen molar-refractivity contribution in [1.29, 1.82) is 0 Å². The van der Waals surface area contributed by atoms with Gasteiger partial charge in [-0.15, -0.1) is 0 Å². The van der Waals surface area contributed by atoms with Gasteiger partial charge in [0.05, 0.1) is 18.0 Å². The van der Waals surface area contributed by atoms with E-state index in [9.17, 15) is 8.78 Å². The summed E-state index contributed by atoms with van der Waals surface area (Å²) in [6.07, 6.45) is 1.93. The second kappa shape index (κ2) is 4.87. The van der Waals surface area contributed by atoms with Crippen molar-refractivity contribution in [2.75, 3.05) is 5.32 Å². The number of aryl methyl sites for hydroxylation is 1. The minimum atomic E-state index is -2.69. The van der Waals surface area contributed by atoms with Gasteiger partial charge in [-0.25, -0.2) is 18.7 Å². The Bertz CT molecular complexity index is 862. The molecule has 0 amide bonds. The van der Waals surface area contributed by atoms with Crippen LogP contribution in [0.25, 0.3) is 11.0 Å². The van der Waals surface area contributed by atoms with E-state index in [2.05, 4.69) is 20.4 Å². The Morgan fingerprint density at radius 2 is 2.00 bits per heavy atom. The third-order valence-corrected chi connectivity index (χ3v) is 3.69. The van der Waals surface area contributed by atoms with Gasteiger partial charge in [0.2, 0.25) is 0 Å². The molecule has 0 bridgehead atoms. The van der Waals surface area contributed by atoms with Crippen LogP contribution in [0, 0.1) is 0 Å². The second-order valence-corrected chi connectivity index (χ2v) is 5.45. The minimum Gasteiger partial charge on any atom is -0.484 e. The van der Waals surface area contributed by atoms with Crippen molar-refractivity contribution >= 4 is 22.5 Å². The number of aromatic nitrogens is 4. The van der Waals surface area contributed by atoms with Crippen molar-refractivity contribution in [2.24, 2.45) is 7.05 Å². The first-order valence-electron chi connectivity index (χ1n) is 7.07. The molecule has 23 heavy (non-hydrogen) atoms. The maximum Gasteiger partial charge on any atom is 0.288 e. The highest BCUT2D eigenvalue weighted by molar-refractivity contribution is 5.88. The molecule has 2 heterocycles. The highest BCUT2D eigenvalue weighted by atomic mass is 19.3. The van der Waals surface area contributed by atoms with Crippen LogP contribution in [-0.2, 0) is 7.05 Å². The van der Waals surface area contributed by atoms with Gasteiger partial charge in [0.1, 0.15) is 17.9 Å². The van der Waals surface area contributed by atoms with Gasteiger partial charge in [-0.3, -0.25) is 4.68 Å². The van der Waals surface area contributed by atoms with E-state index >= 15 is 0 Å². The Balaban J connectivity index is 1.52. The SMILES string of the molecule is Cn1ncc2c(Nc3ccc(OC4CC4(F)F)cc3)ncnc21. The number of nitrogens with zero attached hydrogens (tertiary/aromatic N) is 4. The van der Waals surface area contributed by atoms with Crippen LogP contribution in [0.2, 0.25) is 0 Å². The molecule has 1 atom stereocenters. The third kappa shape index (κ3) is 2.56. The van der Waals surface area contributed by atoms with E-state index in [0.29, 0.717) is 11.6 Å². The van der Waals surface area contributed by atoms with E-state index in [1.807, 2.05) is 0 Å². The molecule has 3 aromatic rings. The average Bonchev–Trinajstić information content (AvgIpc) is 2.94. The number of alkyl halides is 2. The van der Waals surface area contributed by atoms with Crippen molar-refractivity contribution in [3.8, 4) is 5.75 Å². The molecule has 0 spiro atoms. The maximum atomic E-state index is 12.8. The molecule has 0 radical (unpaired) electrons. The summed E-state index contributed by atoms with van der Waals surface area (Å²) in [7, 11) is 1.80. The predicted octanol–water partition coefficient (Wildman–Crippen LogP) is 2.89. The molecule has 1 aliphatic rings. The van der Waals surface area contributed by atoms with E-state index in [-0.39, 0.29) is 6.42 Å². The quantitative estimate of drug-likeness (QED) is 0.801. The van der Waals surface area contributed by atoms with Crippen LogP contribution in [0.15, 0.2) is 36.8 Å². The van der Waals surface area contributed by atoms with Gasteiger partial charge >= 0.3 is 0 Å². The molecule has 1 fully saturated rings. The first-order valence-corrected chi connectivity index (χ1v) is 7.07. The number of nitrogens with one attached hydrogen (secondary N) is 1. The summed E-state index contributed by atoms with van der Waals surface area (Å²) >= 11 is 0. The number of rotatable bonds is 4. The van der Waals surface area contributed by atoms with E-state index in [0.717, 1.165) is 16.7 Å². The van der Waals surface area contributed by atoms with Gasteiger partial charge in [0, 0.05) is 12.7 Å². The molecule has 4 rings (SSSR count). The Morgan fingerprint density at radius 3 is 2.70 bits per heavy atom. The Kier molecular flexibility index (Phi) is 2.93. The predicted molar refractivity (Wildman–Crippen MR) is 80.0 cm³/mol. The lowest BCUT2D eigenvalue weighted by molar-refractivity contribution is 0.0665. The molecule has 1 unspecified atom stereocenters. The van der Waals surface area contributed by atoms with Gasteiger partial charge in [-0.1, -0.05) is 0 Å². The fourth-order valence-electron chi connectivity index (χ4n) is 2.30. The summed E-state index contributed by atoms with van der Waals surface area (Å²) < 4.78 is 32.5. The fourth-order valence-corrected chi connectivity index (χ4v) is 2.30. The minimum absolute atomic E-state index is 0.215. The Morgan fingerprint density at radius 1 is 1.26 bits per heavy atom. The van der Waals surface area contributed by atoms with Gasteiger partial charge in [0.15, 0.2) is 11.8 Å². The van der Waals surface area contributed by atoms with Crippen LogP contribution in [0.5, 0.6) is 5.75 Å². The van der Waals surface area contributed by atoms with Crippen LogP contribution < -0.4 is 10.1 Å². The molecule has 0 aliphatic heterocycles. The lowest BCUT2D eigenvalue weighted by Gasteiger charge is -2.08. The van der Waals surface area contributed by atoms with E-state index in [4.69, 9.17) is 4.74 Å². The lowest BCUT2D eigenvalue weighted by Crippen LogP contribution is -2.06. The number of hydrogen-bond acceptors (Lipinski definition) is 5. The first kappa shape index (κ1) is 13.9. The summed E-state index contributed by atoms with van der Waals surface area (Å²) in [5.74, 6) is -1.64. The zero-order valence-corrected chi connectivity index (χ0v) is 12.2. The number of halogens is 2. The normalized spacial score (nSPS) is 18.8. The molecular weight excluding hydrogens is 304 g/mol. The summed E-state index contributed by atoms with van der Waals surface area (Å²) in [5.41, 5.74) is 1.49. The number of benzene rings is 1. The molecular formula is C15H13F2N5O. The number of hydrogen-bond donors (Lipinski definition) is 1. The van der Waals surface area contributed by atoms with Gasteiger partial charge in [-0.2, -0.15) is 5.10 Å². The van der Waals surface area contributed by atoms with Crippen LogP contribution in [0.3, 0.4) is 0 Å². The lowest BCUT2D eigenvalue weighted by atomic mass is 10.3. The van der Waals surface area contributed by atoms with Crippen molar-refractivity contribution < 1.29 is 13.5 Å². The van der Waals surface area contributed by atoms with E-state index in [1.54, 1.807) is 42.2 Å². The number of anilines is 2. The van der Waals surface area contributed by atoms with Gasteiger partial charge in [0.25, 0.3) is 5.92 Å². The molecule has 1 aliphatic carbocycles. The molecule has 1 N–H and O–H groups in total. The number of fused-ring (bicyclic) bond motifs is 1. The van der Waals surface area contributed by atoms with Crippen LogP contribution >= 0.6 is 0 Å². The fraction of sp³-hybridized carbons (Fsp3) is 0.267. The van der Waals surface area contributed by atoms with Crippen molar-refractivity contribution in [3.63, 3.8) is 0 Å². The summed E-state index contributed by atoms with van der Waals surface area (Å²) in [5, 5.41) is 8.11. The summed E-state index contributed by atoms with van der Waals surface area (Å²) in [4.78, 5) is 8.38. The Hall–Kier alpha value is -2.77. The zero-order valence-electron chi connectivity index (χ0n) is 12.2. The molecule has 1 aromatic carbocycles.